The van der Waals surface area contributed by atoms with E-state index in [1.54, 1.807) is 18.3 Å². The minimum absolute atomic E-state index is 0.254. The third-order valence-electron chi connectivity index (χ3n) is 2.59. The van der Waals surface area contributed by atoms with E-state index in [1.165, 1.54) is 0 Å². The number of aromatic nitrogens is 1. The fourth-order valence-corrected chi connectivity index (χ4v) is 1.05. The van der Waals surface area contributed by atoms with Crippen LogP contribution in [0.2, 0.25) is 0 Å². The summed E-state index contributed by atoms with van der Waals surface area (Å²) in [5.41, 5.74) is 0.895. The second kappa shape index (κ2) is 4.79. The second-order valence-corrected chi connectivity index (χ2v) is 4.41. The van der Waals surface area contributed by atoms with Crippen molar-refractivity contribution in [2.75, 3.05) is 11.9 Å². The Balaban J connectivity index is 2.62. The van der Waals surface area contributed by atoms with Gasteiger partial charge in [-0.05, 0) is 24.0 Å². The monoisotopic (exact) mass is 203 g/mol. The van der Waals surface area contributed by atoms with Gasteiger partial charge >= 0.3 is 0 Å². The van der Waals surface area contributed by atoms with Gasteiger partial charge in [0.2, 0.25) is 0 Å². The summed E-state index contributed by atoms with van der Waals surface area (Å²) in [5.74, 6) is 0.774. The Morgan fingerprint density at radius 2 is 2.27 bits per heavy atom. The van der Waals surface area contributed by atoms with E-state index in [4.69, 9.17) is 5.26 Å². The molecule has 0 aromatic carbocycles. The molecule has 0 fully saturated rings. The molecule has 0 saturated carbocycles. The number of hydrogen-bond acceptors (Lipinski definition) is 3. The lowest BCUT2D eigenvalue weighted by Gasteiger charge is -2.23. The molecule has 0 atom stereocenters. The second-order valence-electron chi connectivity index (χ2n) is 4.41. The molecular formula is C12H17N3. The Morgan fingerprint density at radius 3 is 2.87 bits per heavy atom. The molecule has 0 aliphatic carbocycles. The van der Waals surface area contributed by atoms with Crippen LogP contribution < -0.4 is 5.32 Å². The minimum atomic E-state index is 0.254. The van der Waals surface area contributed by atoms with E-state index in [2.05, 4.69) is 37.1 Å². The van der Waals surface area contributed by atoms with E-state index in [1.807, 2.05) is 0 Å². The lowest BCUT2D eigenvalue weighted by molar-refractivity contribution is 0.376. The fraction of sp³-hybridized carbons (Fsp3) is 0.500. The van der Waals surface area contributed by atoms with Crippen molar-refractivity contribution in [3.8, 4) is 6.07 Å². The highest BCUT2D eigenvalue weighted by molar-refractivity contribution is 5.42. The van der Waals surface area contributed by atoms with Gasteiger partial charge in [-0.2, -0.15) is 5.26 Å². The number of nitrogens with zero attached hydrogens (tertiary/aromatic N) is 2. The van der Waals surface area contributed by atoms with Crippen LogP contribution in [0.3, 0.4) is 0 Å². The van der Waals surface area contributed by atoms with Gasteiger partial charge < -0.3 is 5.32 Å². The van der Waals surface area contributed by atoms with Crippen LogP contribution in [0.15, 0.2) is 18.3 Å². The van der Waals surface area contributed by atoms with E-state index in [-0.39, 0.29) is 5.41 Å². The van der Waals surface area contributed by atoms with Gasteiger partial charge in [-0.3, -0.25) is 0 Å². The minimum Gasteiger partial charge on any atom is -0.370 e. The molecule has 1 heterocycles. The SMILES string of the molecule is CCC(C)(C)CNc1cc(C#N)ccn1. The zero-order valence-corrected chi connectivity index (χ0v) is 9.54. The van der Waals surface area contributed by atoms with Gasteiger partial charge in [0.1, 0.15) is 5.82 Å². The molecule has 0 aliphatic rings. The Bertz CT molecular complexity index is 363. The van der Waals surface area contributed by atoms with E-state index in [0.717, 1.165) is 18.8 Å². The van der Waals surface area contributed by atoms with Gasteiger partial charge in [-0.15, -0.1) is 0 Å². The highest BCUT2D eigenvalue weighted by Crippen LogP contribution is 2.19. The summed E-state index contributed by atoms with van der Waals surface area (Å²) in [6, 6.07) is 5.57. The van der Waals surface area contributed by atoms with Crippen LogP contribution in [0.1, 0.15) is 32.8 Å². The third-order valence-corrected chi connectivity index (χ3v) is 2.59. The smallest absolute Gasteiger partial charge is 0.127 e. The summed E-state index contributed by atoms with van der Waals surface area (Å²) in [7, 11) is 0. The van der Waals surface area contributed by atoms with Crippen molar-refractivity contribution in [2.45, 2.75) is 27.2 Å². The van der Waals surface area contributed by atoms with Crippen LogP contribution in [-0.4, -0.2) is 11.5 Å². The maximum absolute atomic E-state index is 8.73. The van der Waals surface area contributed by atoms with Crippen LogP contribution in [0.25, 0.3) is 0 Å². The van der Waals surface area contributed by atoms with E-state index in [0.29, 0.717) is 5.56 Å². The average Bonchev–Trinajstić information content (AvgIpc) is 2.27. The normalized spacial score (nSPS) is 10.8. The number of anilines is 1. The summed E-state index contributed by atoms with van der Waals surface area (Å²) >= 11 is 0. The topological polar surface area (TPSA) is 48.7 Å². The molecule has 0 aliphatic heterocycles. The molecule has 1 rings (SSSR count). The van der Waals surface area contributed by atoms with Crippen LogP contribution in [-0.2, 0) is 0 Å². The number of hydrogen-bond donors (Lipinski definition) is 1. The zero-order chi connectivity index (χ0) is 11.3. The molecular weight excluding hydrogens is 186 g/mol. The number of pyridine rings is 1. The molecule has 1 aromatic heterocycles. The Morgan fingerprint density at radius 1 is 1.53 bits per heavy atom. The van der Waals surface area contributed by atoms with Gasteiger partial charge in [-0.25, -0.2) is 4.98 Å². The predicted octanol–water partition coefficient (Wildman–Crippen LogP) is 2.80. The standard InChI is InChI=1S/C12H17N3/c1-4-12(2,3)9-15-11-7-10(8-13)5-6-14-11/h5-7H,4,9H2,1-3H3,(H,14,15). The van der Waals surface area contributed by atoms with Crippen LogP contribution in [0.5, 0.6) is 0 Å². The highest BCUT2D eigenvalue weighted by Gasteiger charge is 2.14. The first-order valence-electron chi connectivity index (χ1n) is 5.17. The molecule has 1 N–H and O–H groups in total. The van der Waals surface area contributed by atoms with E-state index >= 15 is 0 Å². The summed E-state index contributed by atoms with van der Waals surface area (Å²) in [4.78, 5) is 4.16. The van der Waals surface area contributed by atoms with Crippen molar-refractivity contribution in [1.82, 2.24) is 4.98 Å². The van der Waals surface area contributed by atoms with Gasteiger partial charge in [0.15, 0.2) is 0 Å². The summed E-state index contributed by atoms with van der Waals surface area (Å²) in [6.45, 7) is 7.44. The van der Waals surface area contributed by atoms with Crippen molar-refractivity contribution < 1.29 is 0 Å². The maximum atomic E-state index is 8.73. The maximum Gasteiger partial charge on any atom is 0.127 e. The summed E-state index contributed by atoms with van der Waals surface area (Å²) < 4.78 is 0. The zero-order valence-electron chi connectivity index (χ0n) is 9.54. The van der Waals surface area contributed by atoms with Crippen molar-refractivity contribution in [3.05, 3.63) is 23.9 Å². The van der Waals surface area contributed by atoms with Crippen LogP contribution in [0.4, 0.5) is 5.82 Å². The van der Waals surface area contributed by atoms with Crippen molar-refractivity contribution >= 4 is 5.82 Å². The quantitative estimate of drug-likeness (QED) is 0.818. The molecule has 0 radical (unpaired) electrons. The van der Waals surface area contributed by atoms with Crippen molar-refractivity contribution in [1.29, 1.82) is 5.26 Å². The molecule has 0 spiro atoms. The van der Waals surface area contributed by atoms with Crippen LogP contribution in [0, 0.1) is 16.7 Å². The Hall–Kier alpha value is -1.56. The lowest BCUT2D eigenvalue weighted by atomic mass is 9.90. The first-order valence-corrected chi connectivity index (χ1v) is 5.17. The van der Waals surface area contributed by atoms with Gasteiger partial charge in [-0.1, -0.05) is 20.8 Å². The Labute approximate surface area is 91.1 Å². The van der Waals surface area contributed by atoms with Crippen LogP contribution >= 0.6 is 0 Å². The third kappa shape index (κ3) is 3.59. The average molecular weight is 203 g/mol. The molecule has 0 unspecified atom stereocenters. The van der Waals surface area contributed by atoms with Gasteiger partial charge in [0, 0.05) is 12.7 Å². The number of nitrogens with one attached hydrogen (secondary N) is 1. The molecule has 0 saturated heterocycles. The molecule has 1 aromatic rings. The Kier molecular flexibility index (Phi) is 3.68. The molecule has 0 bridgehead atoms. The fourth-order valence-electron chi connectivity index (χ4n) is 1.05. The summed E-state index contributed by atoms with van der Waals surface area (Å²) in [6.07, 6.45) is 2.76. The molecule has 15 heavy (non-hydrogen) atoms. The van der Waals surface area contributed by atoms with E-state index in [9.17, 15) is 0 Å². The lowest BCUT2D eigenvalue weighted by Crippen LogP contribution is -2.22. The van der Waals surface area contributed by atoms with Gasteiger partial charge in [0.25, 0.3) is 0 Å². The first kappa shape index (κ1) is 11.5. The highest BCUT2D eigenvalue weighted by atomic mass is 15.0. The number of rotatable bonds is 4. The van der Waals surface area contributed by atoms with Gasteiger partial charge in [0.05, 0.1) is 11.6 Å². The summed E-state index contributed by atoms with van der Waals surface area (Å²) in [5, 5.41) is 12.0. The molecule has 0 amide bonds. The molecule has 80 valence electrons. The predicted molar refractivity (Wildman–Crippen MR) is 61.5 cm³/mol. The van der Waals surface area contributed by atoms with Crippen molar-refractivity contribution in [3.63, 3.8) is 0 Å². The largest absolute Gasteiger partial charge is 0.370 e. The molecule has 3 nitrogen and oxygen atoms in total. The first-order chi connectivity index (χ1) is 7.07. The van der Waals surface area contributed by atoms with E-state index < -0.39 is 0 Å². The van der Waals surface area contributed by atoms with Crippen molar-refractivity contribution in [2.24, 2.45) is 5.41 Å². The molecule has 3 heteroatoms. The number of nitriles is 1.